The minimum absolute atomic E-state index is 0.00260. The predicted octanol–water partition coefficient (Wildman–Crippen LogP) is 1.46. The third-order valence-corrected chi connectivity index (χ3v) is 2.96. The van der Waals surface area contributed by atoms with Gasteiger partial charge in [-0.25, -0.2) is 0 Å². The van der Waals surface area contributed by atoms with Gasteiger partial charge in [-0.05, 0) is 18.4 Å². The molecule has 0 saturated carbocycles. The molecule has 1 aromatic rings. The van der Waals surface area contributed by atoms with Gasteiger partial charge < -0.3 is 10.0 Å². The molecular formula is C14H20N4O. The normalized spacial score (nSPS) is 10.0. The highest BCUT2D eigenvalue weighted by atomic mass is 16.3. The van der Waals surface area contributed by atoms with Crippen molar-refractivity contribution in [1.29, 1.82) is 5.26 Å². The Morgan fingerprint density at radius 1 is 1.37 bits per heavy atom. The molecule has 5 heteroatoms. The lowest BCUT2D eigenvalue weighted by Gasteiger charge is -2.23. The van der Waals surface area contributed by atoms with Crippen molar-refractivity contribution in [2.24, 2.45) is 0 Å². The zero-order valence-corrected chi connectivity index (χ0v) is 11.6. The van der Waals surface area contributed by atoms with E-state index in [-0.39, 0.29) is 6.61 Å². The van der Waals surface area contributed by atoms with Crippen LogP contribution in [0.3, 0.4) is 0 Å². The summed E-state index contributed by atoms with van der Waals surface area (Å²) < 4.78 is 0. The molecule has 0 bridgehead atoms. The summed E-state index contributed by atoms with van der Waals surface area (Å²) in [5.41, 5.74) is 2.37. The van der Waals surface area contributed by atoms with Gasteiger partial charge in [-0.2, -0.15) is 10.4 Å². The fraction of sp³-hybridized carbons (Fsp3) is 0.500. The summed E-state index contributed by atoms with van der Waals surface area (Å²) in [5.74, 6) is 0.533. The molecule has 0 spiro atoms. The van der Waals surface area contributed by atoms with Gasteiger partial charge in [0, 0.05) is 13.1 Å². The molecule has 102 valence electrons. The van der Waals surface area contributed by atoms with E-state index in [0.717, 1.165) is 24.1 Å². The maximum absolute atomic E-state index is 9.40. The van der Waals surface area contributed by atoms with Crippen LogP contribution in [0.1, 0.15) is 30.7 Å². The van der Waals surface area contributed by atoms with Gasteiger partial charge in [-0.15, -0.1) is 11.7 Å². The van der Waals surface area contributed by atoms with Crippen LogP contribution in [-0.2, 0) is 12.8 Å². The summed E-state index contributed by atoms with van der Waals surface area (Å²) >= 11 is 0. The second-order valence-electron chi connectivity index (χ2n) is 4.10. The average molecular weight is 260 g/mol. The third kappa shape index (κ3) is 3.30. The van der Waals surface area contributed by atoms with E-state index >= 15 is 0 Å². The van der Waals surface area contributed by atoms with Crippen LogP contribution in [0.5, 0.6) is 0 Å². The van der Waals surface area contributed by atoms with E-state index in [0.29, 0.717) is 24.5 Å². The van der Waals surface area contributed by atoms with Crippen molar-refractivity contribution in [2.75, 3.05) is 24.6 Å². The second-order valence-corrected chi connectivity index (χ2v) is 4.10. The average Bonchev–Trinajstić information content (AvgIpc) is 2.45. The Morgan fingerprint density at radius 2 is 2.11 bits per heavy atom. The summed E-state index contributed by atoms with van der Waals surface area (Å²) in [6.07, 6.45) is 3.22. The van der Waals surface area contributed by atoms with Gasteiger partial charge in [-0.3, -0.25) is 0 Å². The van der Waals surface area contributed by atoms with Crippen LogP contribution in [0.25, 0.3) is 0 Å². The predicted molar refractivity (Wildman–Crippen MR) is 75.0 cm³/mol. The molecule has 0 amide bonds. The van der Waals surface area contributed by atoms with Gasteiger partial charge in [-0.1, -0.05) is 19.9 Å². The van der Waals surface area contributed by atoms with Crippen molar-refractivity contribution in [3.05, 3.63) is 29.5 Å². The molecule has 0 aliphatic rings. The van der Waals surface area contributed by atoms with E-state index in [1.807, 2.05) is 18.7 Å². The van der Waals surface area contributed by atoms with Crippen LogP contribution < -0.4 is 4.90 Å². The monoisotopic (exact) mass is 260 g/mol. The standard InChI is InChI=1S/C14H20N4O/c1-4-7-18(8-9-19)14-12(10-15)11(5-2)13(6-3)16-17-14/h4,19H,1,5-9H2,2-3H3. The first-order chi connectivity index (χ1) is 9.23. The van der Waals surface area contributed by atoms with Crippen LogP contribution in [0, 0.1) is 11.3 Å². The molecule has 0 aliphatic carbocycles. The number of aliphatic hydroxyl groups excluding tert-OH is 1. The first kappa shape index (κ1) is 15.1. The fourth-order valence-electron chi connectivity index (χ4n) is 2.06. The number of nitriles is 1. The number of anilines is 1. The van der Waals surface area contributed by atoms with E-state index in [4.69, 9.17) is 5.11 Å². The second kappa shape index (κ2) is 7.49. The maximum atomic E-state index is 9.40. The van der Waals surface area contributed by atoms with Crippen LogP contribution in [0.15, 0.2) is 12.7 Å². The summed E-state index contributed by atoms with van der Waals surface area (Å²) in [5, 5.41) is 26.9. The van der Waals surface area contributed by atoms with E-state index in [9.17, 15) is 5.26 Å². The lowest BCUT2D eigenvalue weighted by Crippen LogP contribution is -2.29. The maximum Gasteiger partial charge on any atom is 0.169 e. The molecule has 0 aliphatic heterocycles. The minimum atomic E-state index is -0.00260. The largest absolute Gasteiger partial charge is 0.395 e. The molecule has 0 aromatic carbocycles. The van der Waals surface area contributed by atoms with Crippen molar-refractivity contribution < 1.29 is 5.11 Å². The summed E-state index contributed by atoms with van der Waals surface area (Å²) in [7, 11) is 0. The van der Waals surface area contributed by atoms with Gasteiger partial charge in [0.2, 0.25) is 0 Å². The molecule has 0 unspecified atom stereocenters. The summed E-state index contributed by atoms with van der Waals surface area (Å²) in [4.78, 5) is 1.82. The Balaban J connectivity index is 3.34. The number of rotatable bonds is 7. The lowest BCUT2D eigenvalue weighted by molar-refractivity contribution is 0.302. The Kier molecular flexibility index (Phi) is 5.97. The fourth-order valence-corrected chi connectivity index (χ4v) is 2.06. The number of nitrogens with zero attached hydrogens (tertiary/aromatic N) is 4. The zero-order chi connectivity index (χ0) is 14.3. The highest BCUT2D eigenvalue weighted by Crippen LogP contribution is 2.23. The van der Waals surface area contributed by atoms with E-state index in [1.54, 1.807) is 6.08 Å². The third-order valence-electron chi connectivity index (χ3n) is 2.96. The van der Waals surface area contributed by atoms with Crippen LogP contribution in [0.4, 0.5) is 5.82 Å². The molecule has 1 rings (SSSR count). The van der Waals surface area contributed by atoms with Gasteiger partial charge in [0.25, 0.3) is 0 Å². The van der Waals surface area contributed by atoms with Crippen molar-refractivity contribution >= 4 is 5.82 Å². The number of hydrogen-bond donors (Lipinski definition) is 1. The lowest BCUT2D eigenvalue weighted by atomic mass is 10.0. The van der Waals surface area contributed by atoms with Crippen molar-refractivity contribution in [2.45, 2.75) is 26.7 Å². The van der Waals surface area contributed by atoms with Crippen molar-refractivity contribution in [1.82, 2.24) is 10.2 Å². The van der Waals surface area contributed by atoms with Crippen LogP contribution in [-0.4, -0.2) is 35.0 Å². The quantitative estimate of drug-likeness (QED) is 0.751. The highest BCUT2D eigenvalue weighted by Gasteiger charge is 2.18. The molecule has 1 aromatic heterocycles. The Labute approximate surface area is 114 Å². The van der Waals surface area contributed by atoms with E-state index in [1.165, 1.54) is 0 Å². The number of hydrogen-bond acceptors (Lipinski definition) is 5. The Hall–Kier alpha value is -1.93. The molecule has 0 saturated heterocycles. The SMILES string of the molecule is C=CCN(CCO)c1nnc(CC)c(CC)c1C#N. The first-order valence-electron chi connectivity index (χ1n) is 6.48. The molecule has 1 heterocycles. The number of aryl methyl sites for hydroxylation is 1. The number of aliphatic hydroxyl groups is 1. The molecule has 0 radical (unpaired) electrons. The Bertz CT molecular complexity index is 479. The van der Waals surface area contributed by atoms with Gasteiger partial charge >= 0.3 is 0 Å². The minimum Gasteiger partial charge on any atom is -0.395 e. The molecule has 1 N–H and O–H groups in total. The first-order valence-corrected chi connectivity index (χ1v) is 6.48. The Morgan fingerprint density at radius 3 is 2.58 bits per heavy atom. The topological polar surface area (TPSA) is 73.0 Å². The highest BCUT2D eigenvalue weighted by molar-refractivity contribution is 5.58. The summed E-state index contributed by atoms with van der Waals surface area (Å²) in [6.45, 7) is 8.62. The van der Waals surface area contributed by atoms with E-state index in [2.05, 4.69) is 22.8 Å². The smallest absolute Gasteiger partial charge is 0.169 e. The van der Waals surface area contributed by atoms with Crippen molar-refractivity contribution in [3.63, 3.8) is 0 Å². The van der Waals surface area contributed by atoms with Crippen LogP contribution in [0.2, 0.25) is 0 Å². The molecule has 0 fully saturated rings. The van der Waals surface area contributed by atoms with Crippen molar-refractivity contribution in [3.8, 4) is 6.07 Å². The summed E-state index contributed by atoms with van der Waals surface area (Å²) in [6, 6.07) is 2.23. The van der Waals surface area contributed by atoms with Crippen LogP contribution >= 0.6 is 0 Å². The molecule has 0 atom stereocenters. The van der Waals surface area contributed by atoms with E-state index < -0.39 is 0 Å². The number of aromatic nitrogens is 2. The van der Waals surface area contributed by atoms with Gasteiger partial charge in [0.05, 0.1) is 12.3 Å². The molecular weight excluding hydrogens is 240 g/mol. The molecule has 5 nitrogen and oxygen atoms in total. The molecule has 19 heavy (non-hydrogen) atoms. The van der Waals surface area contributed by atoms with Gasteiger partial charge in [0.15, 0.2) is 5.82 Å². The zero-order valence-electron chi connectivity index (χ0n) is 11.6. The van der Waals surface area contributed by atoms with Gasteiger partial charge in [0.1, 0.15) is 11.6 Å².